The molecule has 4 nitrogen and oxygen atoms in total. The van der Waals surface area contributed by atoms with Gasteiger partial charge in [0.25, 0.3) is 0 Å². The Morgan fingerprint density at radius 3 is 2.64 bits per heavy atom. The van der Waals surface area contributed by atoms with Crippen LogP contribution < -0.4 is 5.32 Å². The molecule has 1 N–H and O–H groups in total. The summed E-state index contributed by atoms with van der Waals surface area (Å²) in [5.41, 5.74) is 3.81. The van der Waals surface area contributed by atoms with Crippen molar-refractivity contribution in [2.24, 2.45) is 0 Å². The van der Waals surface area contributed by atoms with Crippen molar-refractivity contribution in [2.45, 2.75) is 32.1 Å². The molecule has 1 aromatic carbocycles. The van der Waals surface area contributed by atoms with Crippen molar-refractivity contribution in [3.05, 3.63) is 53.5 Å². The Bertz CT molecular complexity index is 636. The van der Waals surface area contributed by atoms with Crippen molar-refractivity contribution in [3.8, 4) is 0 Å². The Morgan fingerprint density at radius 1 is 1.14 bits per heavy atom. The molecule has 0 radical (unpaired) electrons. The Hall–Kier alpha value is -1.94. The number of aryl methyl sites for hydroxylation is 2. The minimum atomic E-state index is 0.106. The number of aromatic nitrogens is 2. The predicted molar refractivity (Wildman–Crippen MR) is 88.2 cm³/mol. The van der Waals surface area contributed by atoms with Gasteiger partial charge in [-0.05, 0) is 37.8 Å². The van der Waals surface area contributed by atoms with Crippen LogP contribution in [0.2, 0.25) is 0 Å². The molecule has 0 aliphatic carbocycles. The van der Waals surface area contributed by atoms with Crippen molar-refractivity contribution in [3.63, 3.8) is 0 Å². The molecule has 2 heterocycles. The average Bonchev–Trinajstić information content (AvgIpc) is 2.54. The van der Waals surface area contributed by atoms with Crippen LogP contribution in [0.5, 0.6) is 0 Å². The highest BCUT2D eigenvalue weighted by molar-refractivity contribution is 5.39. The van der Waals surface area contributed by atoms with E-state index in [0.29, 0.717) is 0 Å². The summed E-state index contributed by atoms with van der Waals surface area (Å²) < 4.78 is 5.60. The SMILES string of the molecule is Cc1cncc(NCC2(c3ccccc3C)CCOCC2)n1. The van der Waals surface area contributed by atoms with Crippen LogP contribution in [0.25, 0.3) is 0 Å². The number of anilines is 1. The monoisotopic (exact) mass is 297 g/mol. The number of rotatable bonds is 4. The first-order chi connectivity index (χ1) is 10.7. The summed E-state index contributed by atoms with van der Waals surface area (Å²) in [6.45, 7) is 6.65. The fourth-order valence-corrected chi connectivity index (χ4v) is 3.28. The van der Waals surface area contributed by atoms with E-state index in [1.807, 2.05) is 6.92 Å². The van der Waals surface area contributed by atoms with Gasteiger partial charge in [-0.25, -0.2) is 4.98 Å². The third-order valence-corrected chi connectivity index (χ3v) is 4.53. The second kappa shape index (κ2) is 6.44. The van der Waals surface area contributed by atoms with Crippen molar-refractivity contribution in [1.82, 2.24) is 9.97 Å². The number of nitrogens with zero attached hydrogens (tertiary/aromatic N) is 2. The first kappa shape index (κ1) is 15.0. The van der Waals surface area contributed by atoms with Crippen LogP contribution in [0, 0.1) is 13.8 Å². The maximum atomic E-state index is 5.60. The molecule has 2 aromatic rings. The summed E-state index contributed by atoms with van der Waals surface area (Å²) in [5, 5.41) is 3.49. The number of benzene rings is 1. The van der Waals surface area contributed by atoms with E-state index < -0.39 is 0 Å². The maximum absolute atomic E-state index is 5.60. The summed E-state index contributed by atoms with van der Waals surface area (Å²) in [6, 6.07) is 8.68. The van der Waals surface area contributed by atoms with E-state index in [4.69, 9.17) is 4.74 Å². The van der Waals surface area contributed by atoms with E-state index in [1.54, 1.807) is 12.4 Å². The third kappa shape index (κ3) is 3.12. The van der Waals surface area contributed by atoms with Gasteiger partial charge in [-0.2, -0.15) is 0 Å². The van der Waals surface area contributed by atoms with Gasteiger partial charge in [0.1, 0.15) is 5.82 Å². The molecule has 4 heteroatoms. The second-order valence-corrected chi connectivity index (χ2v) is 6.11. The minimum Gasteiger partial charge on any atom is -0.381 e. The zero-order valence-corrected chi connectivity index (χ0v) is 13.3. The summed E-state index contributed by atoms with van der Waals surface area (Å²) in [6.07, 6.45) is 5.63. The molecule has 0 spiro atoms. The quantitative estimate of drug-likeness (QED) is 0.941. The van der Waals surface area contributed by atoms with Crippen LogP contribution in [0.15, 0.2) is 36.7 Å². The van der Waals surface area contributed by atoms with Gasteiger partial charge in [0.05, 0.1) is 11.9 Å². The molecule has 116 valence electrons. The molecular weight excluding hydrogens is 274 g/mol. The van der Waals surface area contributed by atoms with Gasteiger partial charge in [-0.1, -0.05) is 24.3 Å². The largest absolute Gasteiger partial charge is 0.381 e. The highest BCUT2D eigenvalue weighted by atomic mass is 16.5. The summed E-state index contributed by atoms with van der Waals surface area (Å²) in [4.78, 5) is 8.71. The number of nitrogens with one attached hydrogen (secondary N) is 1. The molecule has 1 aliphatic heterocycles. The fraction of sp³-hybridized carbons (Fsp3) is 0.444. The lowest BCUT2D eigenvalue weighted by molar-refractivity contribution is 0.0541. The summed E-state index contributed by atoms with van der Waals surface area (Å²) in [7, 11) is 0. The number of ether oxygens (including phenoxy) is 1. The number of hydrogen-bond donors (Lipinski definition) is 1. The van der Waals surface area contributed by atoms with Gasteiger partial charge >= 0.3 is 0 Å². The minimum absolute atomic E-state index is 0.106. The average molecular weight is 297 g/mol. The van der Waals surface area contributed by atoms with Gasteiger partial charge < -0.3 is 10.1 Å². The Balaban J connectivity index is 1.85. The highest BCUT2D eigenvalue weighted by Gasteiger charge is 2.35. The molecule has 0 amide bonds. The van der Waals surface area contributed by atoms with Gasteiger partial charge in [0, 0.05) is 31.4 Å². The maximum Gasteiger partial charge on any atom is 0.144 e. The first-order valence-electron chi connectivity index (χ1n) is 7.86. The van der Waals surface area contributed by atoms with Gasteiger partial charge in [-0.15, -0.1) is 0 Å². The van der Waals surface area contributed by atoms with Crippen LogP contribution in [-0.2, 0) is 10.2 Å². The van der Waals surface area contributed by atoms with Crippen molar-refractivity contribution >= 4 is 5.82 Å². The molecule has 1 aromatic heterocycles. The molecule has 0 atom stereocenters. The van der Waals surface area contributed by atoms with Gasteiger partial charge in [0.2, 0.25) is 0 Å². The molecule has 3 rings (SSSR count). The van der Waals surface area contributed by atoms with Crippen LogP contribution in [0.3, 0.4) is 0 Å². The van der Waals surface area contributed by atoms with Crippen LogP contribution in [0.1, 0.15) is 29.7 Å². The Morgan fingerprint density at radius 2 is 1.91 bits per heavy atom. The second-order valence-electron chi connectivity index (χ2n) is 6.11. The highest BCUT2D eigenvalue weighted by Crippen LogP contribution is 2.36. The predicted octanol–water partition coefficient (Wildman–Crippen LogP) is 3.25. The molecule has 1 saturated heterocycles. The zero-order chi connectivity index (χ0) is 15.4. The van der Waals surface area contributed by atoms with Gasteiger partial charge in [0.15, 0.2) is 0 Å². The Labute approximate surface area is 132 Å². The third-order valence-electron chi connectivity index (χ3n) is 4.53. The van der Waals surface area contributed by atoms with Crippen LogP contribution in [0.4, 0.5) is 5.82 Å². The normalized spacial score (nSPS) is 17.2. The van der Waals surface area contributed by atoms with E-state index in [1.165, 1.54) is 11.1 Å². The summed E-state index contributed by atoms with van der Waals surface area (Å²) >= 11 is 0. The molecule has 1 aliphatic rings. The molecule has 1 fully saturated rings. The van der Waals surface area contributed by atoms with Gasteiger partial charge in [-0.3, -0.25) is 4.98 Å². The standard InChI is InChI=1S/C18H23N3O/c1-14-5-3-4-6-16(14)18(7-9-22-10-8-18)13-20-17-12-19-11-15(2)21-17/h3-6,11-12H,7-10,13H2,1-2H3,(H,20,21). The van der Waals surface area contributed by atoms with E-state index in [0.717, 1.165) is 44.1 Å². The lowest BCUT2D eigenvalue weighted by Crippen LogP contribution is -2.40. The molecule has 0 unspecified atom stereocenters. The number of hydrogen-bond acceptors (Lipinski definition) is 4. The fourth-order valence-electron chi connectivity index (χ4n) is 3.28. The topological polar surface area (TPSA) is 47.0 Å². The first-order valence-corrected chi connectivity index (χ1v) is 7.86. The lowest BCUT2D eigenvalue weighted by atomic mass is 9.72. The van der Waals surface area contributed by atoms with Crippen LogP contribution in [-0.4, -0.2) is 29.7 Å². The molecular formula is C18H23N3O. The van der Waals surface area contributed by atoms with E-state index in [-0.39, 0.29) is 5.41 Å². The smallest absolute Gasteiger partial charge is 0.144 e. The molecule has 22 heavy (non-hydrogen) atoms. The molecule has 0 saturated carbocycles. The van der Waals surface area contributed by atoms with E-state index in [2.05, 4.69) is 46.5 Å². The van der Waals surface area contributed by atoms with Crippen LogP contribution >= 0.6 is 0 Å². The Kier molecular flexibility index (Phi) is 4.39. The van der Waals surface area contributed by atoms with Crippen molar-refractivity contribution in [2.75, 3.05) is 25.1 Å². The van der Waals surface area contributed by atoms with E-state index >= 15 is 0 Å². The molecule has 0 bridgehead atoms. The lowest BCUT2D eigenvalue weighted by Gasteiger charge is -2.39. The summed E-state index contributed by atoms with van der Waals surface area (Å²) in [5.74, 6) is 0.847. The zero-order valence-electron chi connectivity index (χ0n) is 13.3. The van der Waals surface area contributed by atoms with Crippen molar-refractivity contribution < 1.29 is 4.74 Å². The van der Waals surface area contributed by atoms with Crippen molar-refractivity contribution in [1.29, 1.82) is 0 Å². The van der Waals surface area contributed by atoms with E-state index in [9.17, 15) is 0 Å².